The fourth-order valence-corrected chi connectivity index (χ4v) is 2.35. The first-order valence-electron chi connectivity index (χ1n) is 7.84. The van der Waals surface area contributed by atoms with E-state index in [-0.39, 0.29) is 17.6 Å². The maximum atomic E-state index is 11.8. The van der Waals surface area contributed by atoms with Gasteiger partial charge in [0.25, 0.3) is 5.91 Å². The van der Waals surface area contributed by atoms with E-state index in [0.717, 1.165) is 5.56 Å². The fourth-order valence-electron chi connectivity index (χ4n) is 1.99. The summed E-state index contributed by atoms with van der Waals surface area (Å²) >= 11 is 10.9. The van der Waals surface area contributed by atoms with Crippen LogP contribution >= 0.6 is 23.8 Å². The van der Waals surface area contributed by atoms with Gasteiger partial charge in [-0.3, -0.25) is 25.8 Å². The summed E-state index contributed by atoms with van der Waals surface area (Å²) < 4.78 is 5.29. The summed E-state index contributed by atoms with van der Waals surface area (Å²) in [6, 6.07) is 16.5. The highest BCUT2D eigenvalue weighted by molar-refractivity contribution is 7.80. The van der Waals surface area contributed by atoms with Crippen molar-refractivity contribution in [2.45, 2.75) is 12.8 Å². The van der Waals surface area contributed by atoms with Crippen molar-refractivity contribution in [3.63, 3.8) is 0 Å². The summed E-state index contributed by atoms with van der Waals surface area (Å²) in [5.74, 6) is -0.309. The molecule has 2 aromatic rings. The Bertz CT molecular complexity index is 771. The second kappa shape index (κ2) is 10.4. The fraction of sp³-hybridized carbons (Fsp3) is 0.167. The molecule has 0 unspecified atom stereocenters. The summed E-state index contributed by atoms with van der Waals surface area (Å²) in [5, 5.41) is 2.78. The van der Waals surface area contributed by atoms with Gasteiger partial charge in [0.2, 0.25) is 5.91 Å². The molecule has 0 saturated heterocycles. The third-order valence-corrected chi connectivity index (χ3v) is 3.76. The number of hydrogen-bond donors (Lipinski definition) is 3. The lowest BCUT2D eigenvalue weighted by Crippen LogP contribution is -2.49. The van der Waals surface area contributed by atoms with Crippen molar-refractivity contribution < 1.29 is 14.3 Å². The Labute approximate surface area is 161 Å². The summed E-state index contributed by atoms with van der Waals surface area (Å²) in [6.45, 7) is -0.256. The molecule has 8 heteroatoms. The van der Waals surface area contributed by atoms with Gasteiger partial charge in [0.1, 0.15) is 5.75 Å². The molecule has 0 heterocycles. The topological polar surface area (TPSA) is 79.5 Å². The molecule has 0 aliphatic heterocycles. The molecule has 2 rings (SSSR count). The predicted molar refractivity (Wildman–Crippen MR) is 104 cm³/mol. The van der Waals surface area contributed by atoms with Gasteiger partial charge in [-0.25, -0.2) is 0 Å². The highest BCUT2D eigenvalue weighted by atomic mass is 35.5. The summed E-state index contributed by atoms with van der Waals surface area (Å²) in [7, 11) is 0. The number of nitrogens with one attached hydrogen (secondary N) is 3. The van der Waals surface area contributed by atoms with Gasteiger partial charge in [0, 0.05) is 6.42 Å². The van der Waals surface area contributed by atoms with Crippen LogP contribution in [0.4, 0.5) is 0 Å². The SMILES string of the molecule is O=C(CCc1ccccc1)NNC(=S)NC(=O)COc1ccccc1Cl. The number of halogens is 1. The lowest BCUT2D eigenvalue weighted by Gasteiger charge is -2.11. The number of hydrazine groups is 1. The molecular formula is C18H18ClN3O3S. The zero-order valence-corrected chi connectivity index (χ0v) is 15.4. The normalized spacial score (nSPS) is 9.88. The van der Waals surface area contributed by atoms with E-state index in [1.165, 1.54) is 0 Å². The molecule has 0 fully saturated rings. The van der Waals surface area contributed by atoms with Crippen molar-refractivity contribution in [1.82, 2.24) is 16.2 Å². The number of para-hydroxylation sites is 1. The molecule has 0 saturated carbocycles. The highest BCUT2D eigenvalue weighted by Crippen LogP contribution is 2.22. The Morgan fingerprint density at radius 3 is 2.38 bits per heavy atom. The first-order chi connectivity index (χ1) is 12.5. The number of aryl methyl sites for hydroxylation is 1. The van der Waals surface area contributed by atoms with Gasteiger partial charge < -0.3 is 4.74 Å². The molecule has 2 aromatic carbocycles. The van der Waals surface area contributed by atoms with Gasteiger partial charge in [0.05, 0.1) is 5.02 Å². The Balaban J connectivity index is 1.64. The van der Waals surface area contributed by atoms with Gasteiger partial charge >= 0.3 is 0 Å². The smallest absolute Gasteiger partial charge is 0.264 e. The zero-order chi connectivity index (χ0) is 18.8. The number of carbonyl (C=O) groups excluding carboxylic acids is 2. The number of ether oxygens (including phenoxy) is 1. The molecule has 136 valence electrons. The molecule has 2 amide bonds. The van der Waals surface area contributed by atoms with Crippen LogP contribution < -0.4 is 20.9 Å². The van der Waals surface area contributed by atoms with Crippen LogP contribution in [0.25, 0.3) is 0 Å². The molecule has 26 heavy (non-hydrogen) atoms. The van der Waals surface area contributed by atoms with Crippen LogP contribution in [0.5, 0.6) is 5.75 Å². The molecule has 0 atom stereocenters. The van der Waals surface area contributed by atoms with E-state index in [1.807, 2.05) is 30.3 Å². The monoisotopic (exact) mass is 391 g/mol. The first-order valence-corrected chi connectivity index (χ1v) is 8.63. The number of hydrogen-bond acceptors (Lipinski definition) is 4. The minimum Gasteiger partial charge on any atom is -0.482 e. The molecular weight excluding hydrogens is 374 g/mol. The molecule has 0 aliphatic rings. The second-order valence-electron chi connectivity index (χ2n) is 5.26. The van der Waals surface area contributed by atoms with Crippen LogP contribution in [0, 0.1) is 0 Å². The number of amides is 2. The Morgan fingerprint density at radius 1 is 0.962 bits per heavy atom. The zero-order valence-electron chi connectivity index (χ0n) is 13.8. The minimum absolute atomic E-state index is 0.0224. The van der Waals surface area contributed by atoms with Crippen LogP contribution in [0.3, 0.4) is 0 Å². The molecule has 6 nitrogen and oxygen atoms in total. The molecule has 0 radical (unpaired) electrons. The van der Waals surface area contributed by atoms with Crippen LogP contribution in [-0.4, -0.2) is 23.5 Å². The Hall–Kier alpha value is -2.64. The predicted octanol–water partition coefficient (Wildman–Crippen LogP) is 2.37. The van der Waals surface area contributed by atoms with Crippen molar-refractivity contribution in [1.29, 1.82) is 0 Å². The average molecular weight is 392 g/mol. The minimum atomic E-state index is -0.471. The number of thiocarbonyl (C=S) groups is 1. The van der Waals surface area contributed by atoms with Crippen molar-refractivity contribution >= 4 is 40.7 Å². The van der Waals surface area contributed by atoms with E-state index in [1.54, 1.807) is 24.3 Å². The van der Waals surface area contributed by atoms with E-state index < -0.39 is 5.91 Å². The number of benzene rings is 2. The van der Waals surface area contributed by atoms with Crippen molar-refractivity contribution in [2.24, 2.45) is 0 Å². The average Bonchev–Trinajstić information content (AvgIpc) is 2.65. The van der Waals surface area contributed by atoms with Crippen molar-refractivity contribution in [2.75, 3.05) is 6.61 Å². The van der Waals surface area contributed by atoms with E-state index in [4.69, 9.17) is 28.6 Å². The third-order valence-electron chi connectivity index (χ3n) is 3.25. The van der Waals surface area contributed by atoms with Gasteiger partial charge in [-0.2, -0.15) is 0 Å². The lowest BCUT2D eigenvalue weighted by atomic mass is 10.1. The Kier molecular flexibility index (Phi) is 7.85. The lowest BCUT2D eigenvalue weighted by molar-refractivity contribution is -0.123. The van der Waals surface area contributed by atoms with E-state index in [9.17, 15) is 9.59 Å². The van der Waals surface area contributed by atoms with Gasteiger partial charge in [-0.05, 0) is 36.3 Å². The molecule has 0 aromatic heterocycles. The first kappa shape index (κ1) is 19.7. The largest absolute Gasteiger partial charge is 0.482 e. The van der Waals surface area contributed by atoms with Crippen LogP contribution in [0.1, 0.15) is 12.0 Å². The number of carbonyl (C=O) groups is 2. The third kappa shape index (κ3) is 7.08. The summed E-state index contributed by atoms with van der Waals surface area (Å²) in [6.07, 6.45) is 0.905. The molecule has 0 bridgehead atoms. The van der Waals surface area contributed by atoms with Crippen LogP contribution in [-0.2, 0) is 16.0 Å². The molecule has 3 N–H and O–H groups in total. The summed E-state index contributed by atoms with van der Waals surface area (Å²) in [4.78, 5) is 23.5. The van der Waals surface area contributed by atoms with E-state index in [2.05, 4.69) is 16.2 Å². The van der Waals surface area contributed by atoms with Crippen LogP contribution in [0.15, 0.2) is 54.6 Å². The second-order valence-corrected chi connectivity index (χ2v) is 6.07. The molecule has 0 aliphatic carbocycles. The quantitative estimate of drug-likeness (QED) is 0.520. The van der Waals surface area contributed by atoms with Gasteiger partial charge in [-0.15, -0.1) is 0 Å². The van der Waals surface area contributed by atoms with Crippen LogP contribution in [0.2, 0.25) is 5.02 Å². The standard InChI is InChI=1S/C18H18ClN3O3S/c19-14-8-4-5-9-15(14)25-12-17(24)20-18(26)22-21-16(23)11-10-13-6-2-1-3-7-13/h1-9H,10-12H2,(H,21,23)(H2,20,22,24,26). The van der Waals surface area contributed by atoms with E-state index >= 15 is 0 Å². The number of rotatable bonds is 6. The van der Waals surface area contributed by atoms with E-state index in [0.29, 0.717) is 23.6 Å². The van der Waals surface area contributed by atoms with Crippen molar-refractivity contribution in [3.05, 3.63) is 65.2 Å². The summed E-state index contributed by atoms with van der Waals surface area (Å²) in [5.41, 5.74) is 5.98. The highest BCUT2D eigenvalue weighted by Gasteiger charge is 2.08. The Morgan fingerprint density at radius 2 is 1.65 bits per heavy atom. The van der Waals surface area contributed by atoms with Gasteiger partial charge in [-0.1, -0.05) is 54.1 Å². The molecule has 0 spiro atoms. The maximum Gasteiger partial charge on any atom is 0.264 e. The maximum absolute atomic E-state index is 11.8. The van der Waals surface area contributed by atoms with Crippen molar-refractivity contribution in [3.8, 4) is 5.75 Å². The van der Waals surface area contributed by atoms with Gasteiger partial charge in [0.15, 0.2) is 11.7 Å².